The molecule has 4 saturated carbocycles. The monoisotopic (exact) mass is 315 g/mol. The summed E-state index contributed by atoms with van der Waals surface area (Å²) in [4.78, 5) is 17.1. The van der Waals surface area contributed by atoms with Crippen LogP contribution >= 0.6 is 0 Å². The quantitative estimate of drug-likeness (QED) is 0.847. The van der Waals surface area contributed by atoms with E-state index in [-0.39, 0.29) is 5.41 Å². The number of aryl methyl sites for hydroxylation is 1. The van der Waals surface area contributed by atoms with Gasteiger partial charge in [-0.15, -0.1) is 0 Å². The fourth-order valence-corrected chi connectivity index (χ4v) is 6.77. The van der Waals surface area contributed by atoms with Crippen LogP contribution < -0.4 is 5.32 Å². The lowest BCUT2D eigenvalue weighted by atomic mass is 9.40. The van der Waals surface area contributed by atoms with E-state index in [9.17, 15) is 4.79 Å². The fraction of sp³-hybridized carbons (Fsp3) is 0.789. The third kappa shape index (κ3) is 2.70. The van der Waals surface area contributed by atoms with E-state index in [1.807, 2.05) is 12.5 Å². The molecule has 4 heteroatoms. The third-order valence-electron chi connectivity index (χ3n) is 6.55. The summed E-state index contributed by atoms with van der Waals surface area (Å²) in [7, 11) is 0. The van der Waals surface area contributed by atoms with E-state index in [2.05, 4.69) is 28.7 Å². The zero-order valence-electron chi connectivity index (χ0n) is 14.5. The fourth-order valence-electron chi connectivity index (χ4n) is 6.77. The Balaban J connectivity index is 1.38. The molecule has 4 fully saturated rings. The average Bonchev–Trinajstić information content (AvgIpc) is 2.92. The molecule has 1 aromatic rings. The van der Waals surface area contributed by atoms with Crippen molar-refractivity contribution in [2.24, 2.45) is 22.2 Å². The van der Waals surface area contributed by atoms with Crippen molar-refractivity contribution in [2.45, 2.75) is 65.3 Å². The zero-order chi connectivity index (χ0) is 16.1. The van der Waals surface area contributed by atoms with Gasteiger partial charge in [0, 0.05) is 25.5 Å². The number of carbonyl (C=O) groups excluding carboxylic acids is 1. The maximum Gasteiger partial charge on any atom is 0.226 e. The van der Waals surface area contributed by atoms with E-state index >= 15 is 0 Å². The summed E-state index contributed by atoms with van der Waals surface area (Å²) in [5.74, 6) is 1.11. The number of nitrogens with one attached hydrogen (secondary N) is 1. The van der Waals surface area contributed by atoms with E-state index in [1.54, 1.807) is 6.20 Å². The van der Waals surface area contributed by atoms with Crippen LogP contribution in [0.4, 0.5) is 0 Å². The van der Waals surface area contributed by atoms with Crippen LogP contribution in [0.25, 0.3) is 0 Å². The second-order valence-electron chi connectivity index (χ2n) is 9.32. The minimum atomic E-state index is -0.0715. The molecule has 5 rings (SSSR count). The molecule has 0 aromatic carbocycles. The molecule has 1 aromatic heterocycles. The van der Waals surface area contributed by atoms with Crippen molar-refractivity contribution in [2.75, 3.05) is 6.54 Å². The molecular weight excluding hydrogens is 286 g/mol. The Morgan fingerprint density at radius 3 is 2.57 bits per heavy atom. The molecule has 0 radical (unpaired) electrons. The van der Waals surface area contributed by atoms with Crippen molar-refractivity contribution < 1.29 is 4.79 Å². The predicted octanol–water partition coefficient (Wildman–Crippen LogP) is 3.39. The van der Waals surface area contributed by atoms with Crippen LogP contribution in [-0.2, 0) is 11.3 Å². The van der Waals surface area contributed by atoms with Gasteiger partial charge >= 0.3 is 0 Å². The van der Waals surface area contributed by atoms with Crippen LogP contribution in [0.1, 0.15) is 58.8 Å². The summed E-state index contributed by atoms with van der Waals surface area (Å²) >= 11 is 0. The minimum absolute atomic E-state index is 0.0715. The zero-order valence-corrected chi connectivity index (χ0v) is 14.5. The smallest absolute Gasteiger partial charge is 0.226 e. The number of hydrogen-bond acceptors (Lipinski definition) is 2. The maximum atomic E-state index is 13.0. The maximum absolute atomic E-state index is 13.0. The van der Waals surface area contributed by atoms with Gasteiger partial charge in [-0.05, 0) is 61.7 Å². The van der Waals surface area contributed by atoms with Crippen LogP contribution in [0.15, 0.2) is 18.7 Å². The molecule has 4 aliphatic carbocycles. The number of amides is 1. The third-order valence-corrected chi connectivity index (χ3v) is 6.55. The highest BCUT2D eigenvalue weighted by molar-refractivity contribution is 5.83. The molecule has 0 aliphatic heterocycles. The highest BCUT2D eigenvalue weighted by Crippen LogP contribution is 2.69. The lowest BCUT2D eigenvalue weighted by molar-refractivity contribution is -0.170. The second-order valence-corrected chi connectivity index (χ2v) is 9.32. The largest absolute Gasteiger partial charge is 0.356 e. The standard InChI is InChI=1S/C19H29N3O/c1-17-8-15-9-18(2,11-17)13-19(10-15,12-17)16(23)21-4-3-6-22-7-5-20-14-22/h5,7,14-15H,3-4,6,8-13H2,1-2H3,(H,21,23). The minimum Gasteiger partial charge on any atom is -0.356 e. The summed E-state index contributed by atoms with van der Waals surface area (Å²) in [6, 6.07) is 0. The molecule has 4 nitrogen and oxygen atoms in total. The Hall–Kier alpha value is -1.32. The van der Waals surface area contributed by atoms with E-state index < -0.39 is 0 Å². The molecule has 1 N–H and O–H groups in total. The molecule has 4 bridgehead atoms. The van der Waals surface area contributed by atoms with Crippen LogP contribution in [0.2, 0.25) is 0 Å². The first-order chi connectivity index (χ1) is 10.9. The highest BCUT2D eigenvalue weighted by Gasteiger charge is 2.62. The van der Waals surface area contributed by atoms with Crippen molar-refractivity contribution in [1.29, 1.82) is 0 Å². The summed E-state index contributed by atoms with van der Waals surface area (Å²) in [6.07, 6.45) is 13.9. The first-order valence-electron chi connectivity index (χ1n) is 9.15. The van der Waals surface area contributed by atoms with Gasteiger partial charge in [-0.3, -0.25) is 4.79 Å². The molecule has 1 heterocycles. The Kier molecular flexibility index (Phi) is 3.37. The van der Waals surface area contributed by atoms with Gasteiger partial charge in [0.25, 0.3) is 0 Å². The van der Waals surface area contributed by atoms with E-state index in [1.165, 1.54) is 19.3 Å². The highest BCUT2D eigenvalue weighted by atomic mass is 16.2. The number of rotatable bonds is 5. The Morgan fingerprint density at radius 1 is 1.22 bits per heavy atom. The van der Waals surface area contributed by atoms with Gasteiger partial charge in [0.2, 0.25) is 5.91 Å². The van der Waals surface area contributed by atoms with E-state index in [4.69, 9.17) is 0 Å². The number of aromatic nitrogens is 2. The van der Waals surface area contributed by atoms with Gasteiger partial charge in [0.15, 0.2) is 0 Å². The summed E-state index contributed by atoms with van der Waals surface area (Å²) in [6.45, 7) is 6.55. The number of imidazole rings is 1. The van der Waals surface area contributed by atoms with Crippen molar-refractivity contribution in [3.05, 3.63) is 18.7 Å². The molecule has 4 aliphatic rings. The van der Waals surface area contributed by atoms with E-state index in [0.29, 0.717) is 16.7 Å². The number of hydrogen-bond donors (Lipinski definition) is 1. The number of nitrogens with zero attached hydrogens (tertiary/aromatic N) is 2. The summed E-state index contributed by atoms with van der Waals surface area (Å²) in [5.41, 5.74) is 0.739. The second kappa shape index (κ2) is 5.09. The van der Waals surface area contributed by atoms with Gasteiger partial charge in [0.05, 0.1) is 11.7 Å². The Morgan fingerprint density at radius 2 is 1.96 bits per heavy atom. The van der Waals surface area contributed by atoms with Crippen LogP contribution in [0.3, 0.4) is 0 Å². The Labute approximate surface area is 139 Å². The van der Waals surface area contributed by atoms with Gasteiger partial charge in [-0.25, -0.2) is 4.98 Å². The Bertz CT molecular complexity index is 576. The van der Waals surface area contributed by atoms with Crippen LogP contribution in [0.5, 0.6) is 0 Å². The van der Waals surface area contributed by atoms with Crippen molar-refractivity contribution in [3.8, 4) is 0 Å². The van der Waals surface area contributed by atoms with Gasteiger partial charge in [-0.2, -0.15) is 0 Å². The lowest BCUT2D eigenvalue weighted by Gasteiger charge is -2.64. The van der Waals surface area contributed by atoms with Gasteiger partial charge in [-0.1, -0.05) is 13.8 Å². The molecule has 126 valence electrons. The average molecular weight is 315 g/mol. The van der Waals surface area contributed by atoms with Crippen LogP contribution in [-0.4, -0.2) is 22.0 Å². The van der Waals surface area contributed by atoms with Crippen molar-refractivity contribution >= 4 is 5.91 Å². The molecule has 0 spiro atoms. The summed E-state index contributed by atoms with van der Waals surface area (Å²) in [5, 5.41) is 3.26. The molecule has 1 amide bonds. The lowest BCUT2D eigenvalue weighted by Crippen LogP contribution is -2.59. The van der Waals surface area contributed by atoms with Gasteiger partial charge < -0.3 is 9.88 Å². The van der Waals surface area contributed by atoms with Crippen LogP contribution in [0, 0.1) is 22.2 Å². The molecule has 2 atom stereocenters. The number of carbonyl (C=O) groups is 1. The normalized spacial score (nSPS) is 41.2. The van der Waals surface area contributed by atoms with Crippen molar-refractivity contribution in [1.82, 2.24) is 14.9 Å². The molecule has 0 saturated heterocycles. The summed E-state index contributed by atoms with van der Waals surface area (Å²) < 4.78 is 2.07. The van der Waals surface area contributed by atoms with Gasteiger partial charge in [0.1, 0.15) is 0 Å². The first kappa shape index (κ1) is 15.2. The molecule has 23 heavy (non-hydrogen) atoms. The predicted molar refractivity (Wildman–Crippen MR) is 89.7 cm³/mol. The SMILES string of the molecule is CC12CC3CC(C)(C1)CC(C(=O)NCCCn1ccnc1)(C3)C2. The molecule has 2 unspecified atom stereocenters. The topological polar surface area (TPSA) is 46.9 Å². The first-order valence-corrected chi connectivity index (χ1v) is 9.15. The van der Waals surface area contributed by atoms with Crippen molar-refractivity contribution in [3.63, 3.8) is 0 Å². The molecular formula is C19H29N3O. The van der Waals surface area contributed by atoms with E-state index in [0.717, 1.165) is 44.7 Å².